The minimum atomic E-state index is -0.134. The van der Waals surface area contributed by atoms with Gasteiger partial charge in [-0.05, 0) is 13.5 Å². The van der Waals surface area contributed by atoms with Gasteiger partial charge in [0.25, 0.3) is 0 Å². The van der Waals surface area contributed by atoms with Crippen molar-refractivity contribution in [2.45, 2.75) is 31.1 Å². The third-order valence-corrected chi connectivity index (χ3v) is 2.79. The first kappa shape index (κ1) is 7.53. The third kappa shape index (κ3) is 1.28. The number of hydrogen-bond donors (Lipinski definition) is 1. The molecule has 1 saturated heterocycles. The van der Waals surface area contributed by atoms with Crippen molar-refractivity contribution in [2.24, 2.45) is 0 Å². The average Bonchev–Trinajstić information content (AvgIpc) is 2.31. The zero-order chi connectivity index (χ0) is 7.84. The molecule has 2 rings (SSSR count). The van der Waals surface area contributed by atoms with Crippen molar-refractivity contribution in [3.63, 3.8) is 0 Å². The maximum absolute atomic E-state index is 9.37. The van der Waals surface area contributed by atoms with E-state index in [0.29, 0.717) is 12.1 Å². The lowest BCUT2D eigenvalue weighted by atomic mass is 10.1. The van der Waals surface area contributed by atoms with E-state index in [4.69, 9.17) is 4.74 Å². The van der Waals surface area contributed by atoms with E-state index in [1.54, 1.807) is 0 Å². The molecule has 1 aliphatic carbocycles. The van der Waals surface area contributed by atoms with Gasteiger partial charge < -0.3 is 9.84 Å². The maximum Gasteiger partial charge on any atom is 0.0756 e. The average molecular weight is 157 g/mol. The third-order valence-electron chi connectivity index (χ3n) is 2.79. The van der Waals surface area contributed by atoms with Gasteiger partial charge in [-0.1, -0.05) is 0 Å². The van der Waals surface area contributed by atoms with Crippen LogP contribution in [0, 0.1) is 0 Å². The molecule has 64 valence electrons. The summed E-state index contributed by atoms with van der Waals surface area (Å²) in [6.07, 6.45) is 1.88. The Morgan fingerprint density at radius 2 is 2.27 bits per heavy atom. The summed E-state index contributed by atoms with van der Waals surface area (Å²) < 4.78 is 5.54. The van der Waals surface area contributed by atoms with Crippen LogP contribution < -0.4 is 0 Å². The van der Waals surface area contributed by atoms with Gasteiger partial charge in [-0.3, -0.25) is 4.90 Å². The molecular weight excluding hydrogens is 142 g/mol. The molecule has 1 aliphatic heterocycles. The molecule has 2 fully saturated rings. The number of aliphatic hydroxyl groups is 1. The molecule has 3 unspecified atom stereocenters. The number of aliphatic hydroxyl groups excluding tert-OH is 1. The van der Waals surface area contributed by atoms with Crippen LogP contribution in [0.5, 0.6) is 0 Å². The predicted molar refractivity (Wildman–Crippen MR) is 41.4 cm³/mol. The van der Waals surface area contributed by atoms with Crippen molar-refractivity contribution >= 4 is 0 Å². The highest BCUT2D eigenvalue weighted by Gasteiger charge is 2.38. The fraction of sp³-hybridized carbons (Fsp3) is 1.00. The molecule has 0 radical (unpaired) electrons. The maximum atomic E-state index is 9.37. The van der Waals surface area contributed by atoms with Crippen LogP contribution in [0.25, 0.3) is 0 Å². The summed E-state index contributed by atoms with van der Waals surface area (Å²) in [5.74, 6) is 0. The minimum absolute atomic E-state index is 0.134. The first-order valence-electron chi connectivity index (χ1n) is 4.27. The molecule has 0 spiro atoms. The van der Waals surface area contributed by atoms with Gasteiger partial charge in [0.05, 0.1) is 18.8 Å². The number of fused-ring (bicyclic) bond motifs is 1. The smallest absolute Gasteiger partial charge is 0.0756 e. The summed E-state index contributed by atoms with van der Waals surface area (Å²) in [7, 11) is 2.11. The van der Waals surface area contributed by atoms with Gasteiger partial charge in [0.1, 0.15) is 0 Å². The number of ether oxygens (including phenoxy) is 1. The van der Waals surface area contributed by atoms with Gasteiger partial charge in [-0.25, -0.2) is 0 Å². The number of nitrogens with zero attached hydrogens (tertiary/aromatic N) is 1. The molecule has 3 heteroatoms. The molecule has 1 saturated carbocycles. The van der Waals surface area contributed by atoms with Crippen LogP contribution >= 0.6 is 0 Å². The Bertz CT molecular complexity index is 151. The van der Waals surface area contributed by atoms with Gasteiger partial charge in [0, 0.05) is 19.0 Å². The zero-order valence-electron chi connectivity index (χ0n) is 6.86. The quantitative estimate of drug-likeness (QED) is 0.530. The van der Waals surface area contributed by atoms with Crippen LogP contribution in [0.2, 0.25) is 0 Å². The summed E-state index contributed by atoms with van der Waals surface area (Å²) in [4.78, 5) is 2.30. The molecule has 2 aliphatic rings. The van der Waals surface area contributed by atoms with E-state index in [-0.39, 0.29) is 6.10 Å². The highest BCUT2D eigenvalue weighted by Crippen LogP contribution is 2.28. The standard InChI is InChI=1S/C8H15NO2/c1-9-2-3-11-8-5-6(10)4-7(8)9/h6-8,10H,2-5H2,1H3. The van der Waals surface area contributed by atoms with Gasteiger partial charge in [-0.2, -0.15) is 0 Å². The van der Waals surface area contributed by atoms with Crippen LogP contribution in [0.15, 0.2) is 0 Å². The largest absolute Gasteiger partial charge is 0.393 e. The molecule has 0 aromatic heterocycles. The van der Waals surface area contributed by atoms with Crippen LogP contribution in [-0.4, -0.2) is 48.5 Å². The SMILES string of the molecule is CN1CCOC2CC(O)CC21. The molecular formula is C8H15NO2. The van der Waals surface area contributed by atoms with Crippen molar-refractivity contribution < 1.29 is 9.84 Å². The number of rotatable bonds is 0. The van der Waals surface area contributed by atoms with Crippen molar-refractivity contribution in [3.05, 3.63) is 0 Å². The van der Waals surface area contributed by atoms with E-state index in [9.17, 15) is 5.11 Å². The van der Waals surface area contributed by atoms with Crippen LogP contribution in [0.3, 0.4) is 0 Å². The lowest BCUT2D eigenvalue weighted by molar-refractivity contribution is -0.0460. The summed E-state index contributed by atoms with van der Waals surface area (Å²) >= 11 is 0. The molecule has 0 amide bonds. The number of hydrogen-bond acceptors (Lipinski definition) is 3. The Kier molecular flexibility index (Phi) is 1.87. The molecule has 11 heavy (non-hydrogen) atoms. The van der Waals surface area contributed by atoms with E-state index in [0.717, 1.165) is 26.0 Å². The lowest BCUT2D eigenvalue weighted by Gasteiger charge is -2.34. The summed E-state index contributed by atoms with van der Waals surface area (Å²) in [6, 6.07) is 0.471. The highest BCUT2D eigenvalue weighted by molar-refractivity contribution is 4.92. The summed E-state index contributed by atoms with van der Waals surface area (Å²) in [6.45, 7) is 1.83. The van der Waals surface area contributed by atoms with Gasteiger partial charge >= 0.3 is 0 Å². The second-order valence-electron chi connectivity index (χ2n) is 3.58. The van der Waals surface area contributed by atoms with E-state index < -0.39 is 0 Å². The molecule has 3 atom stereocenters. The zero-order valence-corrected chi connectivity index (χ0v) is 6.86. The van der Waals surface area contributed by atoms with Crippen molar-refractivity contribution in [1.29, 1.82) is 0 Å². The van der Waals surface area contributed by atoms with E-state index in [2.05, 4.69) is 11.9 Å². The lowest BCUT2D eigenvalue weighted by Crippen LogP contribution is -2.46. The Morgan fingerprint density at radius 3 is 3.00 bits per heavy atom. The Hall–Kier alpha value is -0.120. The number of likely N-dealkylation sites (N-methyl/N-ethyl adjacent to an activating group) is 1. The first-order valence-corrected chi connectivity index (χ1v) is 4.27. The van der Waals surface area contributed by atoms with Crippen LogP contribution in [-0.2, 0) is 4.74 Å². The topological polar surface area (TPSA) is 32.7 Å². The Balaban J connectivity index is 2.03. The summed E-state index contributed by atoms with van der Waals surface area (Å²) in [5.41, 5.74) is 0. The normalized spacial score (nSPS) is 45.8. The highest BCUT2D eigenvalue weighted by atomic mass is 16.5. The molecule has 1 N–H and O–H groups in total. The second-order valence-corrected chi connectivity index (χ2v) is 3.58. The molecule has 3 nitrogen and oxygen atoms in total. The minimum Gasteiger partial charge on any atom is -0.393 e. The van der Waals surface area contributed by atoms with Crippen LogP contribution in [0.4, 0.5) is 0 Å². The molecule has 0 bridgehead atoms. The fourth-order valence-electron chi connectivity index (χ4n) is 2.11. The van der Waals surface area contributed by atoms with Gasteiger partial charge in [-0.15, -0.1) is 0 Å². The fourth-order valence-corrected chi connectivity index (χ4v) is 2.11. The van der Waals surface area contributed by atoms with Gasteiger partial charge in [0.2, 0.25) is 0 Å². The molecule has 0 aromatic carbocycles. The summed E-state index contributed by atoms with van der Waals surface area (Å²) in [5, 5.41) is 9.37. The monoisotopic (exact) mass is 157 g/mol. The number of morpholine rings is 1. The first-order chi connectivity index (χ1) is 5.27. The Morgan fingerprint density at radius 1 is 1.45 bits per heavy atom. The van der Waals surface area contributed by atoms with Gasteiger partial charge in [0.15, 0.2) is 0 Å². The van der Waals surface area contributed by atoms with Crippen molar-refractivity contribution in [1.82, 2.24) is 4.90 Å². The van der Waals surface area contributed by atoms with Crippen LogP contribution in [0.1, 0.15) is 12.8 Å². The Labute approximate surface area is 66.9 Å². The molecule has 1 heterocycles. The van der Waals surface area contributed by atoms with E-state index >= 15 is 0 Å². The van der Waals surface area contributed by atoms with Crippen molar-refractivity contribution in [3.8, 4) is 0 Å². The van der Waals surface area contributed by atoms with E-state index in [1.807, 2.05) is 0 Å². The van der Waals surface area contributed by atoms with E-state index in [1.165, 1.54) is 0 Å². The second kappa shape index (κ2) is 2.73. The predicted octanol–water partition coefficient (Wildman–Crippen LogP) is -0.160. The molecule has 0 aromatic rings. The van der Waals surface area contributed by atoms with Crippen molar-refractivity contribution in [2.75, 3.05) is 20.2 Å².